The minimum atomic E-state index is 0.303. The first kappa shape index (κ1) is 9.93. The normalized spacial score (nSPS) is 10.2. The third kappa shape index (κ3) is 2.25. The smallest absolute Gasteiger partial charge is 0.199 e. The molecule has 1 aromatic heterocycles. The molecule has 1 aromatic carbocycles. The maximum absolute atomic E-state index is 10.4. The van der Waals surface area contributed by atoms with Crippen LogP contribution >= 0.6 is 11.6 Å². The summed E-state index contributed by atoms with van der Waals surface area (Å²) in [5.74, 6) is 0.491. The van der Waals surface area contributed by atoms with Crippen molar-refractivity contribution in [1.82, 2.24) is 4.98 Å². The molecule has 2 rings (SSSR count). The molecule has 0 radical (unpaired) electrons. The number of hydrogen-bond donors (Lipinski definition) is 0. The van der Waals surface area contributed by atoms with E-state index in [0.29, 0.717) is 29.3 Å². The van der Waals surface area contributed by atoms with Gasteiger partial charge in [-0.15, -0.1) is 0 Å². The Morgan fingerprint density at radius 2 is 2.20 bits per heavy atom. The average Bonchev–Trinajstić information content (AvgIpc) is 2.69. The Morgan fingerprint density at radius 3 is 2.87 bits per heavy atom. The lowest BCUT2D eigenvalue weighted by Crippen LogP contribution is -1.90. The number of oxazole rings is 1. The third-order valence-electron chi connectivity index (χ3n) is 1.99. The molecule has 15 heavy (non-hydrogen) atoms. The molecule has 0 aliphatic heterocycles. The van der Waals surface area contributed by atoms with Crippen molar-refractivity contribution in [3.63, 3.8) is 0 Å². The van der Waals surface area contributed by atoms with Crippen LogP contribution in [0.4, 0.5) is 0 Å². The molecule has 0 unspecified atom stereocenters. The highest BCUT2D eigenvalue weighted by Crippen LogP contribution is 2.18. The van der Waals surface area contributed by atoms with Crippen molar-refractivity contribution in [2.75, 3.05) is 0 Å². The summed E-state index contributed by atoms with van der Waals surface area (Å²) >= 11 is 5.98. The van der Waals surface area contributed by atoms with Crippen molar-refractivity contribution in [2.45, 2.75) is 6.42 Å². The summed E-state index contributed by atoms with van der Waals surface area (Å²) in [6.07, 6.45) is 2.48. The summed E-state index contributed by atoms with van der Waals surface area (Å²) in [5.41, 5.74) is 1.23. The zero-order valence-corrected chi connectivity index (χ0v) is 8.57. The van der Waals surface area contributed by atoms with Crippen LogP contribution in [0.2, 0.25) is 5.02 Å². The van der Waals surface area contributed by atoms with E-state index in [-0.39, 0.29) is 0 Å². The average molecular weight is 222 g/mol. The molecule has 0 amide bonds. The predicted octanol–water partition coefficient (Wildman–Crippen LogP) is 2.73. The fourth-order valence-corrected chi connectivity index (χ4v) is 1.47. The second kappa shape index (κ2) is 4.28. The second-order valence-electron chi connectivity index (χ2n) is 3.05. The number of rotatable bonds is 3. The van der Waals surface area contributed by atoms with Crippen molar-refractivity contribution >= 4 is 17.9 Å². The van der Waals surface area contributed by atoms with Crippen molar-refractivity contribution in [3.05, 3.63) is 52.7 Å². The van der Waals surface area contributed by atoms with Gasteiger partial charge in [0.1, 0.15) is 12.0 Å². The van der Waals surface area contributed by atoms with E-state index in [0.717, 1.165) is 5.56 Å². The predicted molar refractivity (Wildman–Crippen MR) is 56.1 cm³/mol. The summed E-state index contributed by atoms with van der Waals surface area (Å²) in [6.45, 7) is 0. The highest BCUT2D eigenvalue weighted by atomic mass is 35.5. The van der Waals surface area contributed by atoms with Crippen LogP contribution in [-0.4, -0.2) is 11.3 Å². The number of carbonyl (C=O) groups excluding carboxylic acids is 1. The lowest BCUT2D eigenvalue weighted by Gasteiger charge is -1.99. The maximum atomic E-state index is 10.4. The first-order chi connectivity index (χ1) is 7.29. The number of hydrogen-bond acceptors (Lipinski definition) is 3. The van der Waals surface area contributed by atoms with E-state index in [1.807, 2.05) is 18.2 Å². The monoisotopic (exact) mass is 221 g/mol. The molecule has 3 nitrogen and oxygen atoms in total. The zero-order chi connectivity index (χ0) is 10.7. The van der Waals surface area contributed by atoms with Gasteiger partial charge < -0.3 is 4.42 Å². The van der Waals surface area contributed by atoms with Crippen LogP contribution in [0.3, 0.4) is 0 Å². The van der Waals surface area contributed by atoms with Crippen LogP contribution in [0.1, 0.15) is 21.9 Å². The van der Waals surface area contributed by atoms with Gasteiger partial charge in [-0.2, -0.15) is 0 Å². The van der Waals surface area contributed by atoms with E-state index >= 15 is 0 Å². The molecule has 0 fully saturated rings. The van der Waals surface area contributed by atoms with Crippen molar-refractivity contribution in [3.8, 4) is 0 Å². The fourth-order valence-electron chi connectivity index (χ4n) is 1.27. The van der Waals surface area contributed by atoms with Gasteiger partial charge >= 0.3 is 0 Å². The number of aromatic nitrogens is 1. The molecule has 0 aliphatic carbocycles. The summed E-state index contributed by atoms with van der Waals surface area (Å²) < 4.78 is 5.11. The van der Waals surface area contributed by atoms with Gasteiger partial charge in [-0.05, 0) is 11.6 Å². The summed E-state index contributed by atoms with van der Waals surface area (Å²) in [6, 6.07) is 7.45. The van der Waals surface area contributed by atoms with Gasteiger partial charge in [-0.1, -0.05) is 29.8 Å². The van der Waals surface area contributed by atoms with E-state index in [1.165, 1.54) is 6.26 Å². The van der Waals surface area contributed by atoms with Crippen molar-refractivity contribution in [2.24, 2.45) is 0 Å². The minimum absolute atomic E-state index is 0.303. The molecule has 0 bridgehead atoms. The van der Waals surface area contributed by atoms with E-state index in [9.17, 15) is 4.79 Å². The number of benzene rings is 1. The first-order valence-corrected chi connectivity index (χ1v) is 4.80. The Bertz CT molecular complexity index is 479. The van der Waals surface area contributed by atoms with E-state index < -0.39 is 0 Å². The van der Waals surface area contributed by atoms with Crippen LogP contribution < -0.4 is 0 Å². The lowest BCUT2D eigenvalue weighted by molar-refractivity contribution is 0.111. The molecule has 0 saturated carbocycles. The molecule has 0 N–H and O–H groups in total. The number of halogens is 1. The topological polar surface area (TPSA) is 43.1 Å². The van der Waals surface area contributed by atoms with Crippen molar-refractivity contribution in [1.29, 1.82) is 0 Å². The Kier molecular flexibility index (Phi) is 2.83. The molecule has 0 aliphatic rings. The Labute approximate surface area is 91.7 Å². The third-order valence-corrected chi connectivity index (χ3v) is 2.36. The van der Waals surface area contributed by atoms with E-state index in [4.69, 9.17) is 16.0 Å². The van der Waals surface area contributed by atoms with Gasteiger partial charge in [0.15, 0.2) is 12.2 Å². The number of aldehydes is 1. The largest absolute Gasteiger partial charge is 0.448 e. The standard InChI is InChI=1S/C11H8ClNO2/c12-10-4-2-1-3-8(10)5-11-13-9(6-14)7-15-11/h1-4,6-7H,5H2. The molecule has 2 aromatic rings. The molecule has 1 heterocycles. The number of nitrogens with zero attached hydrogens (tertiary/aromatic N) is 1. The first-order valence-electron chi connectivity index (χ1n) is 4.42. The highest BCUT2D eigenvalue weighted by molar-refractivity contribution is 6.31. The van der Waals surface area contributed by atoms with Gasteiger partial charge in [-0.3, -0.25) is 4.79 Å². The lowest BCUT2D eigenvalue weighted by atomic mass is 10.1. The van der Waals surface area contributed by atoms with Crippen molar-refractivity contribution < 1.29 is 9.21 Å². The number of carbonyl (C=O) groups is 1. The van der Waals surface area contributed by atoms with Crippen LogP contribution in [0, 0.1) is 0 Å². The van der Waals surface area contributed by atoms with E-state index in [2.05, 4.69) is 4.98 Å². The molecule has 0 saturated heterocycles. The SMILES string of the molecule is O=Cc1coc(Cc2ccccc2Cl)n1. The van der Waals surface area contributed by atoms with Gasteiger partial charge in [0, 0.05) is 5.02 Å². The molecule has 0 spiro atoms. The van der Waals surface area contributed by atoms with Gasteiger partial charge in [-0.25, -0.2) is 4.98 Å². The zero-order valence-electron chi connectivity index (χ0n) is 7.81. The van der Waals surface area contributed by atoms with E-state index in [1.54, 1.807) is 6.07 Å². The quantitative estimate of drug-likeness (QED) is 0.749. The molecule has 0 atom stereocenters. The van der Waals surface area contributed by atoms with Gasteiger partial charge in [0.25, 0.3) is 0 Å². The van der Waals surface area contributed by atoms with Crippen LogP contribution in [0.25, 0.3) is 0 Å². The molecular weight excluding hydrogens is 214 g/mol. The summed E-state index contributed by atoms with van der Waals surface area (Å²) in [7, 11) is 0. The highest BCUT2D eigenvalue weighted by Gasteiger charge is 2.06. The van der Waals surface area contributed by atoms with Crippen LogP contribution in [0.5, 0.6) is 0 Å². The fraction of sp³-hybridized carbons (Fsp3) is 0.0909. The maximum Gasteiger partial charge on any atom is 0.199 e. The minimum Gasteiger partial charge on any atom is -0.448 e. The Hall–Kier alpha value is -1.61. The molecular formula is C11H8ClNO2. The summed E-state index contributed by atoms with van der Waals surface area (Å²) in [4.78, 5) is 14.4. The van der Waals surface area contributed by atoms with Crippen LogP contribution in [0.15, 0.2) is 34.9 Å². The second-order valence-corrected chi connectivity index (χ2v) is 3.46. The van der Waals surface area contributed by atoms with Gasteiger partial charge in [0.05, 0.1) is 6.42 Å². The molecule has 4 heteroatoms. The summed E-state index contributed by atoms with van der Waals surface area (Å²) in [5, 5.41) is 0.670. The molecule has 76 valence electrons. The Balaban J connectivity index is 2.22. The van der Waals surface area contributed by atoms with Gasteiger partial charge in [0.2, 0.25) is 0 Å². The Morgan fingerprint density at radius 1 is 1.40 bits per heavy atom. The van der Waals surface area contributed by atoms with Crippen LogP contribution in [-0.2, 0) is 6.42 Å².